The third-order valence-electron chi connectivity index (χ3n) is 10.4. The minimum Gasteiger partial charge on any atom is -0.325 e. The highest BCUT2D eigenvalue weighted by molar-refractivity contribution is 5.81. The summed E-state index contributed by atoms with van der Waals surface area (Å²) in [5.74, 6) is 0.415. The molecule has 4 atom stereocenters. The van der Waals surface area contributed by atoms with Gasteiger partial charge in [-0.2, -0.15) is 0 Å². The van der Waals surface area contributed by atoms with Crippen molar-refractivity contribution in [3.8, 4) is 0 Å². The average molecular weight is 655 g/mol. The van der Waals surface area contributed by atoms with E-state index in [2.05, 4.69) is 195 Å². The van der Waals surface area contributed by atoms with Gasteiger partial charge < -0.3 is 9.80 Å². The largest absolute Gasteiger partial charge is 0.325 e. The second-order valence-electron chi connectivity index (χ2n) is 13.5. The molecule has 4 N–H and O–H groups in total. The van der Waals surface area contributed by atoms with Crippen LogP contribution in [0, 0.1) is 0 Å². The van der Waals surface area contributed by atoms with Gasteiger partial charge in [-0.05, 0) is 96.2 Å². The average Bonchev–Trinajstić information content (AvgIpc) is 3.53. The maximum absolute atomic E-state index is 3.89. The van der Waals surface area contributed by atoms with E-state index < -0.39 is 0 Å². The summed E-state index contributed by atoms with van der Waals surface area (Å²) in [6.45, 7) is 1.03. The van der Waals surface area contributed by atoms with Crippen LogP contribution in [0.2, 0.25) is 0 Å². The lowest BCUT2D eigenvalue weighted by molar-refractivity contribution is 0.203. The quantitative estimate of drug-likeness (QED) is 0.138. The first-order chi connectivity index (χ1) is 24.8. The number of nitrogens with one attached hydrogen (secondary N) is 4. The van der Waals surface area contributed by atoms with Crippen LogP contribution >= 0.6 is 0 Å². The first-order valence-corrected chi connectivity index (χ1v) is 17.8. The molecule has 3 aliphatic heterocycles. The van der Waals surface area contributed by atoms with Crippen LogP contribution in [0.15, 0.2) is 164 Å². The van der Waals surface area contributed by atoms with Gasteiger partial charge in [-0.1, -0.05) is 109 Å². The van der Waals surface area contributed by atoms with Crippen LogP contribution < -0.4 is 31.1 Å². The van der Waals surface area contributed by atoms with Gasteiger partial charge in [0.1, 0.15) is 0 Å². The van der Waals surface area contributed by atoms with Crippen LogP contribution in [-0.4, -0.2) is 12.7 Å². The van der Waals surface area contributed by atoms with Crippen molar-refractivity contribution in [2.75, 3.05) is 16.3 Å². The highest BCUT2D eigenvalue weighted by Crippen LogP contribution is 2.50. The fraction of sp³-hybridized carbons (Fsp3) is 0.182. The van der Waals surface area contributed by atoms with E-state index in [1.807, 2.05) is 0 Å². The Labute approximate surface area is 294 Å². The monoisotopic (exact) mass is 654 g/mol. The summed E-state index contributed by atoms with van der Waals surface area (Å²) in [5, 5.41) is 15.3. The first kappa shape index (κ1) is 30.8. The normalized spacial score (nSPS) is 22.8. The van der Waals surface area contributed by atoms with Gasteiger partial charge in [0.25, 0.3) is 0 Å². The standard InChI is InChI=1S/C44H42N6/c1-5-14-31(15-6-1)41-46-42(32-16-7-2-8-17-32)48-43(47-41)33-23-25-36(26-24-33)50-40-28-27-37(30-39(40)38-22-13-29-45-44(38)50)49(34-18-9-3-10-19-34)35-20-11-4-12-21-35/h1-12,14-21,23-28,30,38,41-48H,13,22,29H2. The Morgan fingerprint density at radius 2 is 1.00 bits per heavy atom. The van der Waals surface area contributed by atoms with Gasteiger partial charge >= 0.3 is 0 Å². The lowest BCUT2D eigenvalue weighted by Crippen LogP contribution is -2.54. The van der Waals surface area contributed by atoms with Crippen molar-refractivity contribution in [2.45, 2.75) is 43.4 Å². The number of nitrogens with zero attached hydrogens (tertiary/aromatic N) is 2. The molecular weight excluding hydrogens is 613 g/mol. The van der Waals surface area contributed by atoms with Crippen molar-refractivity contribution >= 4 is 28.4 Å². The maximum atomic E-state index is 3.89. The molecule has 0 aliphatic carbocycles. The molecule has 0 radical (unpaired) electrons. The summed E-state index contributed by atoms with van der Waals surface area (Å²) in [7, 11) is 0. The number of rotatable bonds is 7. The smallest absolute Gasteiger partial charge is 0.0915 e. The van der Waals surface area contributed by atoms with Crippen LogP contribution in [-0.2, 0) is 0 Å². The highest BCUT2D eigenvalue weighted by Gasteiger charge is 2.41. The minimum absolute atomic E-state index is 0.00511. The van der Waals surface area contributed by atoms with E-state index >= 15 is 0 Å². The van der Waals surface area contributed by atoms with Crippen molar-refractivity contribution in [3.05, 3.63) is 186 Å². The summed E-state index contributed by atoms with van der Waals surface area (Å²) in [4.78, 5) is 4.90. The van der Waals surface area contributed by atoms with Gasteiger partial charge in [0, 0.05) is 34.4 Å². The first-order valence-electron chi connectivity index (χ1n) is 17.8. The van der Waals surface area contributed by atoms with Gasteiger partial charge in [0.15, 0.2) is 0 Å². The van der Waals surface area contributed by atoms with E-state index in [0.717, 1.165) is 17.9 Å². The van der Waals surface area contributed by atoms with E-state index in [-0.39, 0.29) is 24.7 Å². The number of para-hydroxylation sites is 2. The molecule has 50 heavy (non-hydrogen) atoms. The van der Waals surface area contributed by atoms with Crippen LogP contribution in [0.25, 0.3) is 0 Å². The molecule has 6 aromatic rings. The van der Waals surface area contributed by atoms with E-state index in [0.29, 0.717) is 5.92 Å². The number of fused-ring (bicyclic) bond motifs is 3. The molecule has 0 amide bonds. The molecule has 0 bridgehead atoms. The molecule has 2 saturated heterocycles. The van der Waals surface area contributed by atoms with Gasteiger partial charge in [-0.25, -0.2) is 0 Å². The van der Waals surface area contributed by atoms with Crippen molar-refractivity contribution in [2.24, 2.45) is 0 Å². The van der Waals surface area contributed by atoms with Gasteiger partial charge in [-0.15, -0.1) is 0 Å². The summed E-state index contributed by atoms with van der Waals surface area (Å²) < 4.78 is 0. The van der Waals surface area contributed by atoms with Crippen LogP contribution in [0.3, 0.4) is 0 Å². The topological polar surface area (TPSA) is 54.6 Å². The molecule has 6 nitrogen and oxygen atoms in total. The van der Waals surface area contributed by atoms with Gasteiger partial charge in [0.05, 0.1) is 24.7 Å². The third kappa shape index (κ3) is 5.86. The molecule has 0 aromatic heterocycles. The molecule has 2 fully saturated rings. The Morgan fingerprint density at radius 1 is 0.500 bits per heavy atom. The van der Waals surface area contributed by atoms with Crippen LogP contribution in [0.1, 0.15) is 59.5 Å². The Morgan fingerprint density at radius 3 is 1.54 bits per heavy atom. The van der Waals surface area contributed by atoms with Crippen molar-refractivity contribution < 1.29 is 0 Å². The van der Waals surface area contributed by atoms with Crippen molar-refractivity contribution in [3.63, 3.8) is 0 Å². The Hall–Kier alpha value is -5.24. The number of benzene rings is 6. The zero-order valence-electron chi connectivity index (χ0n) is 28.0. The van der Waals surface area contributed by atoms with Crippen molar-refractivity contribution in [1.82, 2.24) is 21.3 Å². The molecule has 3 aliphatic rings. The van der Waals surface area contributed by atoms with Crippen molar-refractivity contribution in [1.29, 1.82) is 0 Å². The highest BCUT2D eigenvalue weighted by atomic mass is 15.4. The fourth-order valence-corrected chi connectivity index (χ4v) is 8.06. The Kier molecular flexibility index (Phi) is 8.36. The Bertz CT molecular complexity index is 1930. The predicted octanol–water partition coefficient (Wildman–Crippen LogP) is 9.28. The predicted molar refractivity (Wildman–Crippen MR) is 204 cm³/mol. The molecular formula is C44H42N6. The maximum Gasteiger partial charge on any atom is 0.0915 e. The van der Waals surface area contributed by atoms with E-state index in [1.165, 1.54) is 52.2 Å². The van der Waals surface area contributed by atoms with Gasteiger partial charge in [0.2, 0.25) is 0 Å². The second-order valence-corrected chi connectivity index (χ2v) is 13.5. The summed E-state index contributed by atoms with van der Waals surface area (Å²) in [5.41, 5.74) is 11.1. The van der Waals surface area contributed by atoms with E-state index in [9.17, 15) is 0 Å². The number of hydrogen-bond acceptors (Lipinski definition) is 6. The minimum atomic E-state index is -0.0309. The van der Waals surface area contributed by atoms with E-state index in [4.69, 9.17) is 0 Å². The molecule has 6 aromatic carbocycles. The molecule has 3 heterocycles. The molecule has 6 heteroatoms. The summed E-state index contributed by atoms with van der Waals surface area (Å²) in [6, 6.07) is 58.9. The molecule has 9 rings (SSSR count). The van der Waals surface area contributed by atoms with E-state index in [1.54, 1.807) is 0 Å². The molecule has 248 valence electrons. The second kappa shape index (κ2) is 13.6. The Balaban J connectivity index is 1.04. The van der Waals surface area contributed by atoms with Crippen LogP contribution in [0.5, 0.6) is 0 Å². The number of anilines is 5. The summed E-state index contributed by atoms with van der Waals surface area (Å²) in [6.07, 6.45) is 2.55. The fourth-order valence-electron chi connectivity index (χ4n) is 8.06. The number of hydrogen-bond donors (Lipinski definition) is 4. The molecule has 0 spiro atoms. The molecule has 4 unspecified atom stereocenters. The third-order valence-corrected chi connectivity index (χ3v) is 10.4. The SMILES string of the molecule is c1ccc(C2NC(c3ccccc3)NC(c3ccc(N4c5ccc(N(c6ccccc6)c6ccccc6)cc5C5CCCNC54)cc3)N2)cc1. The zero-order valence-corrected chi connectivity index (χ0v) is 28.0. The number of piperidine rings is 1. The lowest BCUT2D eigenvalue weighted by atomic mass is 9.91. The van der Waals surface area contributed by atoms with Crippen LogP contribution in [0.4, 0.5) is 28.4 Å². The summed E-state index contributed by atoms with van der Waals surface area (Å²) >= 11 is 0. The zero-order chi connectivity index (χ0) is 33.3. The van der Waals surface area contributed by atoms with Gasteiger partial charge in [-0.3, -0.25) is 21.3 Å². The lowest BCUT2D eigenvalue weighted by Gasteiger charge is -2.40. The molecule has 0 saturated carbocycles.